The summed E-state index contributed by atoms with van der Waals surface area (Å²) in [6, 6.07) is 4.80. The molecule has 1 saturated heterocycles. The van der Waals surface area contributed by atoms with E-state index in [1.807, 2.05) is 12.2 Å². The molecule has 3 rings (SSSR count). The molecule has 1 aliphatic carbocycles. The van der Waals surface area contributed by atoms with Gasteiger partial charge >= 0.3 is 0 Å². The zero-order valence-corrected chi connectivity index (χ0v) is 15.2. The maximum atomic E-state index is 12.5. The number of ether oxygens (including phenoxy) is 1. The quantitative estimate of drug-likeness (QED) is 0.603. The molecule has 2 aliphatic rings. The minimum Gasteiger partial charge on any atom is -0.495 e. The summed E-state index contributed by atoms with van der Waals surface area (Å²) in [6.45, 7) is 1.03. The molecule has 2 atom stereocenters. The number of likely N-dealkylation sites (tertiary alicyclic amines) is 1. The SMILES string of the molecule is COc1ccc(NC(C)=O)cc1NC(=O)CN1C(=O)[C@H]2CC=CC[C@H]2C1=O. The van der Waals surface area contributed by atoms with Gasteiger partial charge in [-0.3, -0.25) is 24.1 Å². The number of hydrogen-bond donors (Lipinski definition) is 2. The van der Waals surface area contributed by atoms with Gasteiger partial charge < -0.3 is 15.4 Å². The van der Waals surface area contributed by atoms with E-state index in [4.69, 9.17) is 4.74 Å². The number of nitrogens with zero attached hydrogens (tertiary/aromatic N) is 1. The van der Waals surface area contributed by atoms with Crippen LogP contribution in [0.1, 0.15) is 19.8 Å². The number of nitrogens with one attached hydrogen (secondary N) is 2. The van der Waals surface area contributed by atoms with Gasteiger partial charge in [-0.15, -0.1) is 0 Å². The molecule has 1 heterocycles. The van der Waals surface area contributed by atoms with Crippen molar-refractivity contribution in [3.05, 3.63) is 30.4 Å². The maximum Gasteiger partial charge on any atom is 0.244 e. The summed E-state index contributed by atoms with van der Waals surface area (Å²) >= 11 is 0. The predicted molar refractivity (Wildman–Crippen MR) is 98.0 cm³/mol. The van der Waals surface area contributed by atoms with Gasteiger partial charge in [0.25, 0.3) is 0 Å². The Hall–Kier alpha value is -3.16. The van der Waals surface area contributed by atoms with Gasteiger partial charge in [0.2, 0.25) is 23.6 Å². The molecule has 27 heavy (non-hydrogen) atoms. The fourth-order valence-electron chi connectivity index (χ4n) is 3.44. The van der Waals surface area contributed by atoms with Gasteiger partial charge in [-0.05, 0) is 31.0 Å². The van der Waals surface area contributed by atoms with Crippen LogP contribution in [0.25, 0.3) is 0 Å². The number of hydrogen-bond acceptors (Lipinski definition) is 5. The van der Waals surface area contributed by atoms with Gasteiger partial charge in [-0.1, -0.05) is 12.2 Å². The number of fused-ring (bicyclic) bond motifs is 1. The molecule has 0 bridgehead atoms. The highest BCUT2D eigenvalue weighted by atomic mass is 16.5. The fourth-order valence-corrected chi connectivity index (χ4v) is 3.44. The first-order chi connectivity index (χ1) is 12.9. The summed E-state index contributed by atoms with van der Waals surface area (Å²) in [6.07, 6.45) is 4.85. The standard InChI is InChI=1S/C19H21N3O5/c1-11(23)20-12-7-8-16(27-2)15(9-12)21-17(24)10-22-18(25)13-5-3-4-6-14(13)19(22)26/h3-4,7-9,13-14H,5-6,10H2,1-2H3,(H,20,23)(H,21,24)/t13-,14+. The first-order valence-corrected chi connectivity index (χ1v) is 8.66. The van der Waals surface area contributed by atoms with E-state index in [9.17, 15) is 19.2 Å². The molecule has 1 fully saturated rings. The normalized spacial score (nSPS) is 21.0. The number of carbonyl (C=O) groups excluding carboxylic acids is 4. The third kappa shape index (κ3) is 3.84. The number of carbonyl (C=O) groups is 4. The van der Waals surface area contributed by atoms with Gasteiger partial charge in [-0.2, -0.15) is 0 Å². The highest BCUT2D eigenvalue weighted by Crippen LogP contribution is 2.35. The molecule has 0 radical (unpaired) electrons. The predicted octanol–water partition coefficient (Wildman–Crippen LogP) is 1.54. The van der Waals surface area contributed by atoms with Crippen molar-refractivity contribution >= 4 is 35.0 Å². The molecular weight excluding hydrogens is 350 g/mol. The second kappa shape index (κ2) is 7.61. The topological polar surface area (TPSA) is 105 Å². The zero-order chi connectivity index (χ0) is 19.6. The monoisotopic (exact) mass is 371 g/mol. The number of benzene rings is 1. The molecule has 8 nitrogen and oxygen atoms in total. The Labute approximate surface area is 156 Å². The van der Waals surface area contributed by atoms with Crippen LogP contribution in [0.2, 0.25) is 0 Å². The molecule has 1 aromatic rings. The highest BCUT2D eigenvalue weighted by Gasteiger charge is 2.47. The first-order valence-electron chi connectivity index (χ1n) is 8.66. The number of anilines is 2. The van der Waals surface area contributed by atoms with Crippen LogP contribution in [0, 0.1) is 11.8 Å². The highest BCUT2D eigenvalue weighted by molar-refractivity contribution is 6.09. The van der Waals surface area contributed by atoms with Crippen molar-refractivity contribution in [2.45, 2.75) is 19.8 Å². The molecule has 2 N–H and O–H groups in total. The van der Waals surface area contributed by atoms with Crippen LogP contribution in [0.5, 0.6) is 5.75 Å². The lowest BCUT2D eigenvalue weighted by atomic mass is 9.85. The van der Waals surface area contributed by atoms with Crippen molar-refractivity contribution in [2.24, 2.45) is 11.8 Å². The van der Waals surface area contributed by atoms with Gasteiger partial charge in [0.15, 0.2) is 0 Å². The number of allylic oxidation sites excluding steroid dienone is 2. The Bertz CT molecular complexity index is 807. The molecule has 8 heteroatoms. The van der Waals surface area contributed by atoms with Gasteiger partial charge in [0.05, 0.1) is 24.6 Å². The van der Waals surface area contributed by atoms with Crippen molar-refractivity contribution in [3.8, 4) is 5.75 Å². The molecule has 4 amide bonds. The number of methoxy groups -OCH3 is 1. The average molecular weight is 371 g/mol. The van der Waals surface area contributed by atoms with Crippen LogP contribution >= 0.6 is 0 Å². The zero-order valence-electron chi connectivity index (χ0n) is 15.2. The average Bonchev–Trinajstić information content (AvgIpc) is 2.87. The lowest BCUT2D eigenvalue weighted by Crippen LogP contribution is -2.38. The Morgan fingerprint density at radius 2 is 1.74 bits per heavy atom. The molecule has 0 unspecified atom stereocenters. The van der Waals surface area contributed by atoms with E-state index in [1.54, 1.807) is 18.2 Å². The van der Waals surface area contributed by atoms with Crippen LogP contribution < -0.4 is 15.4 Å². The van der Waals surface area contributed by atoms with Crippen molar-refractivity contribution < 1.29 is 23.9 Å². The lowest BCUT2D eigenvalue weighted by Gasteiger charge is -2.16. The lowest BCUT2D eigenvalue weighted by molar-refractivity contribution is -0.142. The Kier molecular flexibility index (Phi) is 5.25. The molecule has 1 aromatic carbocycles. The number of rotatable bonds is 5. The van der Waals surface area contributed by atoms with E-state index in [2.05, 4.69) is 10.6 Å². The summed E-state index contributed by atoms with van der Waals surface area (Å²) in [5.74, 6) is -1.70. The fraction of sp³-hybridized carbons (Fsp3) is 0.368. The van der Waals surface area contributed by atoms with Gasteiger partial charge in [-0.25, -0.2) is 0 Å². The Morgan fingerprint density at radius 3 is 2.30 bits per heavy atom. The van der Waals surface area contributed by atoms with Crippen LogP contribution in [0.15, 0.2) is 30.4 Å². The van der Waals surface area contributed by atoms with E-state index < -0.39 is 5.91 Å². The van der Waals surface area contributed by atoms with Gasteiger partial charge in [0, 0.05) is 12.6 Å². The van der Waals surface area contributed by atoms with Gasteiger partial charge in [0.1, 0.15) is 12.3 Å². The number of imide groups is 1. The minimum atomic E-state index is -0.512. The minimum absolute atomic E-state index is 0.248. The summed E-state index contributed by atoms with van der Waals surface area (Å²) < 4.78 is 5.21. The summed E-state index contributed by atoms with van der Waals surface area (Å²) in [5, 5.41) is 5.27. The van der Waals surface area contributed by atoms with Crippen LogP contribution in [0.3, 0.4) is 0 Å². The van der Waals surface area contributed by atoms with E-state index in [0.717, 1.165) is 4.90 Å². The van der Waals surface area contributed by atoms with E-state index in [1.165, 1.54) is 14.0 Å². The molecule has 0 aromatic heterocycles. The second-order valence-corrected chi connectivity index (χ2v) is 6.56. The molecule has 0 spiro atoms. The van der Waals surface area contributed by atoms with Crippen molar-refractivity contribution in [2.75, 3.05) is 24.3 Å². The van der Waals surface area contributed by atoms with E-state index in [0.29, 0.717) is 30.0 Å². The number of amides is 4. The summed E-state index contributed by atoms with van der Waals surface area (Å²) in [5.41, 5.74) is 0.830. The second-order valence-electron chi connectivity index (χ2n) is 6.56. The van der Waals surface area contributed by atoms with Crippen LogP contribution in [-0.4, -0.2) is 42.2 Å². The summed E-state index contributed by atoms with van der Waals surface area (Å²) in [7, 11) is 1.45. The third-order valence-electron chi connectivity index (χ3n) is 4.69. The molecule has 1 aliphatic heterocycles. The molecule has 0 saturated carbocycles. The molecule has 142 valence electrons. The smallest absolute Gasteiger partial charge is 0.244 e. The van der Waals surface area contributed by atoms with Crippen molar-refractivity contribution in [3.63, 3.8) is 0 Å². The first kappa shape index (κ1) is 18.6. The Morgan fingerprint density at radius 1 is 1.11 bits per heavy atom. The maximum absolute atomic E-state index is 12.5. The van der Waals surface area contributed by atoms with Crippen LogP contribution in [-0.2, 0) is 19.2 Å². The van der Waals surface area contributed by atoms with Crippen LogP contribution in [0.4, 0.5) is 11.4 Å². The van der Waals surface area contributed by atoms with E-state index >= 15 is 0 Å². The van der Waals surface area contributed by atoms with E-state index in [-0.39, 0.29) is 36.1 Å². The largest absolute Gasteiger partial charge is 0.495 e. The van der Waals surface area contributed by atoms with Crippen molar-refractivity contribution in [1.29, 1.82) is 0 Å². The third-order valence-corrected chi connectivity index (χ3v) is 4.69. The molecular formula is C19H21N3O5. The Balaban J connectivity index is 1.71. The van der Waals surface area contributed by atoms with Crippen molar-refractivity contribution in [1.82, 2.24) is 4.90 Å². The summed E-state index contributed by atoms with van der Waals surface area (Å²) in [4.78, 5) is 49.6.